The number of carbonyl (C=O) groups excluding carboxylic acids is 12. The highest BCUT2D eigenvalue weighted by Gasteiger charge is 2.40. The van der Waals surface area contributed by atoms with Crippen LogP contribution in [0.2, 0.25) is 0 Å². The van der Waals surface area contributed by atoms with Crippen LogP contribution in [0.1, 0.15) is 77.7 Å². The zero-order chi connectivity index (χ0) is 70.7. The maximum atomic E-state index is 14.2. The summed E-state index contributed by atoms with van der Waals surface area (Å²) in [6.45, 7) is -1.46. The van der Waals surface area contributed by atoms with Crippen LogP contribution < -0.4 is 87.6 Å². The molecule has 1 fully saturated rings. The number of likely N-dealkylation sites (tertiary alicyclic amines) is 1. The average molecular weight is 1330 g/mol. The molecule has 93 heavy (non-hydrogen) atoms. The van der Waals surface area contributed by atoms with Crippen molar-refractivity contribution in [3.63, 3.8) is 0 Å². The van der Waals surface area contributed by atoms with E-state index in [1.165, 1.54) is 31.2 Å². The second kappa shape index (κ2) is 42.1. The Balaban J connectivity index is 0.0000105. The zero-order valence-electron chi connectivity index (χ0n) is 51.3. The van der Waals surface area contributed by atoms with E-state index in [1.54, 1.807) is 0 Å². The minimum absolute atomic E-state index is 0.0206. The van der Waals surface area contributed by atoms with Gasteiger partial charge in [-0.2, -0.15) is 0 Å². The molecule has 0 saturated carbocycles. The van der Waals surface area contributed by atoms with Crippen molar-refractivity contribution in [1.29, 1.82) is 0 Å². The molecular formula is C53H87N19O21. The monoisotopic (exact) mass is 1330 g/mol. The summed E-state index contributed by atoms with van der Waals surface area (Å²) in [5, 5.41) is 89.5. The molecule has 0 unspecified atom stereocenters. The molecule has 1 saturated heterocycles. The summed E-state index contributed by atoms with van der Waals surface area (Å²) in [6, 6.07) is -10.4. The summed E-state index contributed by atoms with van der Waals surface area (Å²) in [6.07, 6.45) is -2.67. The number of nitrogens with one attached hydrogen (secondary N) is 10. The molecule has 0 spiro atoms. The average Bonchev–Trinajstić information content (AvgIpc) is 1.77. The number of aliphatic hydroxyl groups is 4. The normalized spacial score (nSPS) is 15.5. The number of carboxylic acid groups (broad SMARTS) is 2. The van der Waals surface area contributed by atoms with Crippen molar-refractivity contribution in [3.05, 3.63) is 29.8 Å². The number of phenols is 1. The largest absolute Gasteiger partial charge is 0.508 e. The Kier molecular flexibility index (Phi) is 36.6. The zero-order valence-corrected chi connectivity index (χ0v) is 51.3. The second-order valence-electron chi connectivity index (χ2n) is 20.8. The topological polar surface area (TPSA) is 685 Å². The Morgan fingerprint density at radius 2 is 1.01 bits per heavy atom. The van der Waals surface area contributed by atoms with Crippen LogP contribution in [0.3, 0.4) is 0 Å². The molecule has 1 aliphatic rings. The van der Waals surface area contributed by atoms with Crippen LogP contribution in [0.5, 0.6) is 5.75 Å². The van der Waals surface area contributed by atoms with Gasteiger partial charge in [-0.3, -0.25) is 72.3 Å². The van der Waals surface area contributed by atoms with E-state index >= 15 is 0 Å². The molecule has 0 radical (unpaired) electrons. The van der Waals surface area contributed by atoms with Crippen molar-refractivity contribution in [1.82, 2.24) is 58.1 Å². The van der Waals surface area contributed by atoms with Gasteiger partial charge in [0.25, 0.3) is 5.97 Å². The van der Waals surface area contributed by atoms with Crippen LogP contribution in [0.15, 0.2) is 34.3 Å². The molecule has 1 aromatic rings. The number of hydrogen-bond acceptors (Lipinski definition) is 22. The summed E-state index contributed by atoms with van der Waals surface area (Å²) in [5.41, 5.74) is 33.0. The highest BCUT2D eigenvalue weighted by atomic mass is 16.4. The first-order valence-electron chi connectivity index (χ1n) is 28.8. The van der Waals surface area contributed by atoms with E-state index in [0.29, 0.717) is 5.56 Å². The van der Waals surface area contributed by atoms with Crippen LogP contribution in [0.25, 0.3) is 0 Å². The smallest absolute Gasteiger partial charge is 0.328 e. The van der Waals surface area contributed by atoms with Crippen molar-refractivity contribution in [2.75, 3.05) is 52.5 Å². The Morgan fingerprint density at radius 1 is 0.581 bits per heavy atom. The number of carboxylic acids is 2. The third-order valence-electron chi connectivity index (χ3n) is 13.2. The predicted molar refractivity (Wildman–Crippen MR) is 324 cm³/mol. The number of aromatic hydroxyl groups is 1. The number of aliphatic hydroxyl groups excluding tert-OH is 4. The maximum Gasteiger partial charge on any atom is 0.328 e. The summed E-state index contributed by atoms with van der Waals surface area (Å²) in [5.74, 6) is -15.2. The van der Waals surface area contributed by atoms with Crippen molar-refractivity contribution in [2.24, 2.45) is 44.4 Å². The van der Waals surface area contributed by atoms with Gasteiger partial charge in [-0.15, -0.1) is 0 Å². The number of carbonyl (C=O) groups is 14. The minimum atomic E-state index is -1.93. The molecule has 520 valence electrons. The molecule has 29 N–H and O–H groups in total. The quantitative estimate of drug-likeness (QED) is 0.0165. The fraction of sp³-hybridized carbons (Fsp3) is 0.585. The van der Waals surface area contributed by atoms with Crippen molar-refractivity contribution >= 4 is 94.7 Å². The third-order valence-corrected chi connectivity index (χ3v) is 13.2. The first-order valence-corrected chi connectivity index (χ1v) is 28.8. The van der Waals surface area contributed by atoms with Crippen LogP contribution in [0.4, 0.5) is 0 Å². The standard InChI is InChI=1S/C51H83N19O19.C2H4O2/c1-24(48(87)70-17-5-8-35(70)47(86)66-30(13-14-36(53)76)43(82)69-39(25(2)74)49(88)89)61-41(80)28(6-3-15-58-50(54)55)64-42(81)29(7-4-16-59-51(56)57)65-45(84)33(22-72)68-46(85)34(23-73)67-44(83)32(21-71)63-38(78)20-60-40(79)31(62-37(77)19-52)18-26-9-11-27(75)12-10-26;1-2(3)4/h9-12,24-25,28-35,39,71-75H,3-8,13-23,52H2,1-2H3,(H2,53,76)(H,60,79)(H,61,80)(H,62,77)(H,63,78)(H,64,81)(H,65,84)(H,66,86)(H,67,83)(H,68,85)(H,69,82)(H,88,89)(H4,54,55,58)(H4,56,57,59);1H3,(H,3,4)/t24-,25+,28-,29-,30-,31-,32-,33-,34-,35-,39-;/m0./s1. The van der Waals surface area contributed by atoms with Gasteiger partial charge in [-0.25, -0.2) is 4.79 Å². The molecule has 1 heterocycles. The molecule has 1 aliphatic heterocycles. The Hall–Kier alpha value is -10.1. The fourth-order valence-electron chi connectivity index (χ4n) is 8.48. The molecule has 11 atom stereocenters. The van der Waals surface area contributed by atoms with Gasteiger partial charge in [0, 0.05) is 39.4 Å². The first kappa shape index (κ1) is 81.0. The molecule has 12 amide bonds. The molecular weight excluding hydrogens is 1240 g/mol. The van der Waals surface area contributed by atoms with Crippen molar-refractivity contribution in [3.8, 4) is 5.75 Å². The van der Waals surface area contributed by atoms with Gasteiger partial charge in [0.05, 0.1) is 39.0 Å². The lowest BCUT2D eigenvalue weighted by Gasteiger charge is -2.30. The Morgan fingerprint density at radius 3 is 1.45 bits per heavy atom. The SMILES string of the molecule is CC(=O)O.C[C@H](NC(=O)[C@H](CCCN=C(N)N)NC(=O)[C@H](CCCN=C(N)N)NC(=O)[C@H](CO)NC(=O)[C@H](CO)NC(=O)[C@H](CO)NC(=O)CNC(=O)[C@H](Cc1ccc(O)cc1)NC(=O)CN)C(=O)N1CCC[C@H]1C(=O)N[C@@H](CCC(N)=O)C(=O)N[C@H](C(=O)O)[C@@H](C)O. The molecule has 2 rings (SSSR count). The van der Waals surface area contributed by atoms with Gasteiger partial charge in [-0.05, 0) is 76.5 Å². The molecule has 0 bridgehead atoms. The predicted octanol–water partition coefficient (Wildman–Crippen LogP) is -11.7. The molecule has 40 heteroatoms. The lowest BCUT2D eigenvalue weighted by Crippen LogP contribution is -2.61. The van der Waals surface area contributed by atoms with Crippen LogP contribution in [0, 0.1) is 0 Å². The van der Waals surface area contributed by atoms with Crippen molar-refractivity contribution < 1.29 is 103 Å². The van der Waals surface area contributed by atoms with E-state index in [0.717, 1.165) is 18.7 Å². The van der Waals surface area contributed by atoms with Gasteiger partial charge in [0.15, 0.2) is 18.0 Å². The summed E-state index contributed by atoms with van der Waals surface area (Å²) < 4.78 is 0. The number of hydrogen-bond donors (Lipinski definition) is 23. The number of rotatable bonds is 39. The summed E-state index contributed by atoms with van der Waals surface area (Å²) in [4.78, 5) is 189. The number of phenolic OH excluding ortho intramolecular Hbond substituents is 1. The number of guanidine groups is 2. The van der Waals surface area contributed by atoms with Gasteiger partial charge in [-0.1, -0.05) is 12.1 Å². The van der Waals surface area contributed by atoms with E-state index in [4.69, 9.17) is 44.3 Å². The number of nitrogens with zero attached hydrogens (tertiary/aromatic N) is 3. The summed E-state index contributed by atoms with van der Waals surface area (Å²) in [7, 11) is 0. The lowest BCUT2D eigenvalue weighted by atomic mass is 10.0. The number of aliphatic carboxylic acids is 2. The molecule has 40 nitrogen and oxygen atoms in total. The second-order valence-corrected chi connectivity index (χ2v) is 20.8. The Labute approximate surface area is 531 Å². The number of aliphatic imine (C=N–C) groups is 2. The first-order chi connectivity index (χ1) is 43.7. The lowest BCUT2D eigenvalue weighted by molar-refractivity contribution is -0.146. The minimum Gasteiger partial charge on any atom is -0.508 e. The number of nitrogens with two attached hydrogens (primary N) is 6. The van der Waals surface area contributed by atoms with Gasteiger partial charge in [0.1, 0.15) is 60.1 Å². The number of primary amides is 1. The van der Waals surface area contributed by atoms with Crippen LogP contribution in [-0.4, -0.2) is 254 Å². The third kappa shape index (κ3) is 31.0. The molecule has 1 aromatic carbocycles. The van der Waals surface area contributed by atoms with Crippen LogP contribution >= 0.6 is 0 Å². The van der Waals surface area contributed by atoms with E-state index < -0.39 is 195 Å². The van der Waals surface area contributed by atoms with Crippen molar-refractivity contribution in [2.45, 2.75) is 145 Å². The van der Waals surface area contributed by atoms with E-state index in [1.807, 2.05) is 0 Å². The highest BCUT2D eigenvalue weighted by molar-refractivity contribution is 5.99. The fourth-order valence-corrected chi connectivity index (χ4v) is 8.48. The van der Waals surface area contributed by atoms with Gasteiger partial charge in [0.2, 0.25) is 70.9 Å². The van der Waals surface area contributed by atoms with Crippen LogP contribution in [-0.2, 0) is 73.5 Å². The van der Waals surface area contributed by atoms with Gasteiger partial charge < -0.3 is 128 Å². The summed E-state index contributed by atoms with van der Waals surface area (Å²) >= 11 is 0. The van der Waals surface area contributed by atoms with E-state index in [2.05, 4.69) is 63.2 Å². The van der Waals surface area contributed by atoms with E-state index in [9.17, 15) is 93.0 Å². The Bertz CT molecular complexity index is 2800. The van der Waals surface area contributed by atoms with E-state index in [-0.39, 0.29) is 82.2 Å². The molecule has 0 aromatic heterocycles. The maximum absolute atomic E-state index is 14.2. The highest BCUT2D eigenvalue weighted by Crippen LogP contribution is 2.20. The van der Waals surface area contributed by atoms with Gasteiger partial charge >= 0.3 is 5.97 Å². The number of benzene rings is 1. The molecule has 0 aliphatic carbocycles. The number of amides is 12.